The average Bonchev–Trinajstić information content (AvgIpc) is 2.42. The van der Waals surface area contributed by atoms with Crippen LogP contribution >= 0.6 is 15.9 Å². The van der Waals surface area contributed by atoms with Crippen molar-refractivity contribution in [3.63, 3.8) is 0 Å². The second kappa shape index (κ2) is 6.71. The van der Waals surface area contributed by atoms with Crippen LogP contribution in [0.15, 0.2) is 68.9 Å². The predicted octanol–water partition coefficient (Wildman–Crippen LogP) is 4.31. The molecule has 0 radical (unpaired) electrons. The highest BCUT2D eigenvalue weighted by Crippen LogP contribution is 2.21. The summed E-state index contributed by atoms with van der Waals surface area (Å²) in [6.45, 7) is 4.00. The molecular formula is C14H15BrO2S. The van der Waals surface area contributed by atoms with E-state index in [2.05, 4.69) is 15.9 Å². The first-order chi connectivity index (χ1) is 8.60. The van der Waals surface area contributed by atoms with E-state index >= 15 is 0 Å². The van der Waals surface area contributed by atoms with Gasteiger partial charge in [0, 0.05) is 4.47 Å². The molecule has 0 amide bonds. The summed E-state index contributed by atoms with van der Waals surface area (Å²) in [6.07, 6.45) is 0. The zero-order valence-electron chi connectivity index (χ0n) is 10.3. The lowest BCUT2D eigenvalue weighted by Crippen LogP contribution is -2.01. The predicted molar refractivity (Wildman–Crippen MR) is 77.4 cm³/mol. The smallest absolute Gasteiger partial charge is 0.206 e. The number of benzene rings is 2. The Labute approximate surface area is 117 Å². The van der Waals surface area contributed by atoms with E-state index in [9.17, 15) is 8.42 Å². The lowest BCUT2D eigenvalue weighted by Gasteiger charge is -2.03. The minimum atomic E-state index is -3.38. The van der Waals surface area contributed by atoms with Crippen molar-refractivity contribution in [1.29, 1.82) is 0 Å². The third kappa shape index (κ3) is 3.43. The summed E-state index contributed by atoms with van der Waals surface area (Å²) in [5, 5.41) is 0. The largest absolute Gasteiger partial charge is 0.219 e. The van der Waals surface area contributed by atoms with Gasteiger partial charge in [-0.2, -0.15) is 0 Å². The van der Waals surface area contributed by atoms with Crippen LogP contribution in [0.3, 0.4) is 0 Å². The van der Waals surface area contributed by atoms with Crippen molar-refractivity contribution < 1.29 is 8.42 Å². The molecule has 0 bridgehead atoms. The van der Waals surface area contributed by atoms with Crippen LogP contribution in [0.4, 0.5) is 0 Å². The van der Waals surface area contributed by atoms with Gasteiger partial charge in [0.25, 0.3) is 0 Å². The third-order valence-electron chi connectivity index (χ3n) is 2.18. The van der Waals surface area contributed by atoms with Gasteiger partial charge >= 0.3 is 0 Å². The van der Waals surface area contributed by atoms with Crippen molar-refractivity contribution in [3.05, 3.63) is 59.1 Å². The Morgan fingerprint density at radius 3 is 1.72 bits per heavy atom. The van der Waals surface area contributed by atoms with Crippen molar-refractivity contribution in [3.8, 4) is 0 Å². The number of rotatable bonds is 2. The molecule has 0 fully saturated rings. The highest BCUT2D eigenvalue weighted by Gasteiger charge is 2.16. The molecule has 2 aromatic carbocycles. The monoisotopic (exact) mass is 326 g/mol. The SMILES string of the molecule is CC.O=S(=O)(c1ccccc1)c1ccc(Br)cc1. The second-order valence-electron chi connectivity index (χ2n) is 3.27. The summed E-state index contributed by atoms with van der Waals surface area (Å²) in [4.78, 5) is 0.624. The first-order valence-corrected chi connectivity index (χ1v) is 7.94. The van der Waals surface area contributed by atoms with Gasteiger partial charge in [-0.25, -0.2) is 8.42 Å². The highest BCUT2D eigenvalue weighted by atomic mass is 79.9. The summed E-state index contributed by atoms with van der Waals surface area (Å²) >= 11 is 3.27. The molecule has 0 saturated heterocycles. The fourth-order valence-corrected chi connectivity index (χ4v) is 2.90. The Hall–Kier alpha value is -1.13. The lowest BCUT2D eigenvalue weighted by molar-refractivity contribution is 0.596. The van der Waals surface area contributed by atoms with E-state index < -0.39 is 9.84 Å². The summed E-state index contributed by atoms with van der Waals surface area (Å²) in [5.41, 5.74) is 0. The van der Waals surface area contributed by atoms with Crippen molar-refractivity contribution in [1.82, 2.24) is 0 Å². The molecule has 2 rings (SSSR count). The quantitative estimate of drug-likeness (QED) is 0.824. The summed E-state index contributed by atoms with van der Waals surface area (Å²) < 4.78 is 25.1. The molecule has 2 aromatic rings. The summed E-state index contributed by atoms with van der Waals surface area (Å²) in [5.74, 6) is 0. The fraction of sp³-hybridized carbons (Fsp3) is 0.143. The molecule has 0 aromatic heterocycles. The molecule has 0 N–H and O–H groups in total. The Bertz CT molecular complexity index is 575. The molecule has 0 heterocycles. The van der Waals surface area contributed by atoms with Crippen LogP contribution in [-0.2, 0) is 9.84 Å². The molecule has 18 heavy (non-hydrogen) atoms. The van der Waals surface area contributed by atoms with Crippen molar-refractivity contribution >= 4 is 25.8 Å². The van der Waals surface area contributed by atoms with Crippen LogP contribution in [0.25, 0.3) is 0 Å². The van der Waals surface area contributed by atoms with Gasteiger partial charge in [0.2, 0.25) is 9.84 Å². The molecule has 0 spiro atoms. The summed E-state index contributed by atoms with van der Waals surface area (Å²) in [7, 11) is -3.38. The molecule has 2 nitrogen and oxygen atoms in total. The van der Waals surface area contributed by atoms with E-state index in [0.717, 1.165) is 4.47 Å². The van der Waals surface area contributed by atoms with Crippen LogP contribution in [0, 0.1) is 0 Å². The maximum atomic E-state index is 12.1. The maximum Gasteiger partial charge on any atom is 0.206 e. The van der Waals surface area contributed by atoms with E-state index in [0.29, 0.717) is 9.79 Å². The first kappa shape index (κ1) is 14.9. The highest BCUT2D eigenvalue weighted by molar-refractivity contribution is 9.10. The Balaban J connectivity index is 0.000000771. The standard InChI is InChI=1S/C12H9BrO2S.C2H6/c13-10-6-8-12(9-7-10)16(14,15)11-4-2-1-3-5-11;1-2/h1-9H;1-2H3. The average molecular weight is 327 g/mol. The van der Waals surface area contributed by atoms with Gasteiger partial charge in [-0.05, 0) is 36.4 Å². The van der Waals surface area contributed by atoms with E-state index in [1.165, 1.54) is 0 Å². The minimum Gasteiger partial charge on any atom is -0.219 e. The minimum absolute atomic E-state index is 0.307. The van der Waals surface area contributed by atoms with E-state index in [1.54, 1.807) is 54.6 Å². The van der Waals surface area contributed by atoms with Crippen LogP contribution in [0.2, 0.25) is 0 Å². The Morgan fingerprint density at radius 1 is 0.778 bits per heavy atom. The van der Waals surface area contributed by atoms with Crippen LogP contribution in [0.1, 0.15) is 13.8 Å². The number of hydrogen-bond acceptors (Lipinski definition) is 2. The van der Waals surface area contributed by atoms with Crippen molar-refractivity contribution in [2.45, 2.75) is 23.6 Å². The topological polar surface area (TPSA) is 34.1 Å². The maximum absolute atomic E-state index is 12.1. The molecule has 0 saturated carbocycles. The third-order valence-corrected chi connectivity index (χ3v) is 4.49. The normalized spacial score (nSPS) is 10.4. The van der Waals surface area contributed by atoms with Crippen LogP contribution in [0.5, 0.6) is 0 Å². The number of sulfone groups is 1. The second-order valence-corrected chi connectivity index (χ2v) is 6.14. The van der Waals surface area contributed by atoms with E-state index in [1.807, 2.05) is 13.8 Å². The van der Waals surface area contributed by atoms with E-state index in [4.69, 9.17) is 0 Å². The summed E-state index contributed by atoms with van der Waals surface area (Å²) in [6, 6.07) is 15.0. The molecular weight excluding hydrogens is 312 g/mol. The Morgan fingerprint density at radius 2 is 1.22 bits per heavy atom. The molecule has 0 unspecified atom stereocenters. The first-order valence-electron chi connectivity index (χ1n) is 5.66. The number of halogens is 1. The van der Waals surface area contributed by atoms with Gasteiger partial charge in [-0.1, -0.05) is 48.0 Å². The molecule has 0 atom stereocenters. The Kier molecular flexibility index (Phi) is 5.56. The molecule has 4 heteroatoms. The van der Waals surface area contributed by atoms with Gasteiger partial charge in [-0.3, -0.25) is 0 Å². The van der Waals surface area contributed by atoms with Gasteiger partial charge < -0.3 is 0 Å². The lowest BCUT2D eigenvalue weighted by atomic mass is 10.4. The van der Waals surface area contributed by atoms with Crippen molar-refractivity contribution in [2.24, 2.45) is 0 Å². The number of hydrogen-bond donors (Lipinski definition) is 0. The zero-order chi connectivity index (χ0) is 13.6. The fourth-order valence-electron chi connectivity index (χ4n) is 1.35. The molecule has 0 aliphatic heterocycles. The van der Waals surface area contributed by atoms with Gasteiger partial charge in [-0.15, -0.1) is 0 Å². The van der Waals surface area contributed by atoms with Gasteiger partial charge in [0.1, 0.15) is 0 Å². The van der Waals surface area contributed by atoms with Gasteiger partial charge in [0.05, 0.1) is 9.79 Å². The van der Waals surface area contributed by atoms with Gasteiger partial charge in [0.15, 0.2) is 0 Å². The molecule has 0 aliphatic rings. The zero-order valence-corrected chi connectivity index (χ0v) is 12.7. The molecule has 0 aliphatic carbocycles. The van der Waals surface area contributed by atoms with Crippen LogP contribution < -0.4 is 0 Å². The van der Waals surface area contributed by atoms with Crippen LogP contribution in [-0.4, -0.2) is 8.42 Å². The van der Waals surface area contributed by atoms with E-state index in [-0.39, 0.29) is 0 Å². The molecule has 96 valence electrons. The van der Waals surface area contributed by atoms with Crippen molar-refractivity contribution in [2.75, 3.05) is 0 Å².